The normalized spacial score (nSPS) is 12.2. The van der Waals surface area contributed by atoms with E-state index in [-0.39, 0.29) is 13.2 Å². The third-order valence-corrected chi connectivity index (χ3v) is 3.34. The van der Waals surface area contributed by atoms with Crippen LogP contribution in [0, 0.1) is 5.41 Å². The van der Waals surface area contributed by atoms with Crippen molar-refractivity contribution in [2.24, 2.45) is 5.41 Å². The van der Waals surface area contributed by atoms with Crippen molar-refractivity contribution in [2.75, 3.05) is 6.61 Å². The zero-order valence-electron chi connectivity index (χ0n) is 13.9. The Hall–Kier alpha value is -2.37. The summed E-state index contributed by atoms with van der Waals surface area (Å²) in [4.78, 5) is 35.9. The van der Waals surface area contributed by atoms with Crippen molar-refractivity contribution in [3.8, 4) is 0 Å². The predicted octanol–water partition coefficient (Wildman–Crippen LogP) is 2.46. The second kappa shape index (κ2) is 8.31. The maximum Gasteiger partial charge on any atom is 0.408 e. The lowest BCUT2D eigenvalue weighted by Crippen LogP contribution is -2.48. The maximum atomic E-state index is 12.3. The molecule has 6 nitrogen and oxygen atoms in total. The fourth-order valence-electron chi connectivity index (χ4n) is 1.96. The first kappa shape index (κ1) is 18.7. The molecule has 0 heterocycles. The van der Waals surface area contributed by atoms with E-state index in [1.807, 2.05) is 30.3 Å². The van der Waals surface area contributed by atoms with E-state index in [2.05, 4.69) is 5.32 Å². The molecular weight excluding hydrogens is 298 g/mol. The van der Waals surface area contributed by atoms with Crippen LogP contribution in [0.15, 0.2) is 30.3 Å². The number of benzene rings is 1. The molecule has 0 saturated heterocycles. The molecule has 1 rings (SSSR count). The van der Waals surface area contributed by atoms with Crippen molar-refractivity contribution in [2.45, 2.75) is 40.3 Å². The molecule has 1 atom stereocenters. The number of Topliss-reactive ketones (excluding diaryl/α,β-unsaturated/α-hetero) is 1. The van der Waals surface area contributed by atoms with E-state index in [0.717, 1.165) is 5.56 Å². The number of hydrogen-bond donors (Lipinski definition) is 1. The van der Waals surface area contributed by atoms with Gasteiger partial charge in [-0.05, 0) is 33.3 Å². The molecule has 1 amide bonds. The van der Waals surface area contributed by atoms with Crippen molar-refractivity contribution in [3.05, 3.63) is 35.9 Å². The van der Waals surface area contributed by atoms with Crippen LogP contribution in [0.3, 0.4) is 0 Å². The second-order valence-corrected chi connectivity index (χ2v) is 5.64. The SMILES string of the molecule is CCOC(=O)C(C)(C)C(=O)[C@H](C)NC(=O)OCc1ccccc1. The monoisotopic (exact) mass is 321 g/mol. The number of esters is 1. The van der Waals surface area contributed by atoms with Crippen LogP contribution in [0.4, 0.5) is 4.79 Å². The first-order valence-corrected chi connectivity index (χ1v) is 7.47. The van der Waals surface area contributed by atoms with Gasteiger partial charge in [0, 0.05) is 0 Å². The number of ether oxygens (including phenoxy) is 2. The summed E-state index contributed by atoms with van der Waals surface area (Å²) in [5, 5.41) is 2.43. The molecule has 0 aliphatic rings. The van der Waals surface area contributed by atoms with Crippen LogP contribution in [-0.2, 0) is 25.7 Å². The van der Waals surface area contributed by atoms with E-state index < -0.39 is 29.3 Å². The molecule has 0 radical (unpaired) electrons. The Balaban J connectivity index is 2.53. The molecule has 0 aromatic heterocycles. The molecule has 23 heavy (non-hydrogen) atoms. The van der Waals surface area contributed by atoms with Crippen molar-refractivity contribution in [1.82, 2.24) is 5.32 Å². The van der Waals surface area contributed by atoms with Gasteiger partial charge in [-0.3, -0.25) is 9.59 Å². The average molecular weight is 321 g/mol. The van der Waals surface area contributed by atoms with Crippen LogP contribution < -0.4 is 5.32 Å². The van der Waals surface area contributed by atoms with Crippen LogP contribution in [0.5, 0.6) is 0 Å². The Kier molecular flexibility index (Phi) is 6.75. The fraction of sp³-hybridized carbons (Fsp3) is 0.471. The summed E-state index contributed by atoms with van der Waals surface area (Å²) in [5.41, 5.74) is -0.490. The molecule has 0 bridgehead atoms. The highest BCUT2D eigenvalue weighted by Crippen LogP contribution is 2.21. The van der Waals surface area contributed by atoms with Crippen molar-refractivity contribution >= 4 is 17.8 Å². The summed E-state index contributed by atoms with van der Waals surface area (Å²) >= 11 is 0. The summed E-state index contributed by atoms with van der Waals surface area (Å²) in [6, 6.07) is 8.33. The average Bonchev–Trinajstić information content (AvgIpc) is 2.53. The van der Waals surface area contributed by atoms with Gasteiger partial charge in [0.15, 0.2) is 5.78 Å². The van der Waals surface area contributed by atoms with E-state index in [1.165, 1.54) is 20.8 Å². The van der Waals surface area contributed by atoms with Gasteiger partial charge < -0.3 is 14.8 Å². The summed E-state index contributed by atoms with van der Waals surface area (Å²) < 4.78 is 9.94. The molecule has 0 fully saturated rings. The van der Waals surface area contributed by atoms with Crippen molar-refractivity contribution in [3.63, 3.8) is 0 Å². The predicted molar refractivity (Wildman–Crippen MR) is 84.6 cm³/mol. The minimum Gasteiger partial charge on any atom is -0.465 e. The number of amides is 1. The topological polar surface area (TPSA) is 81.7 Å². The summed E-state index contributed by atoms with van der Waals surface area (Å²) in [6.45, 7) is 6.42. The molecule has 0 aliphatic heterocycles. The van der Waals surface area contributed by atoms with E-state index in [0.29, 0.717) is 0 Å². The minimum atomic E-state index is -1.33. The van der Waals surface area contributed by atoms with Crippen LogP contribution >= 0.6 is 0 Å². The number of carbonyl (C=O) groups is 3. The Morgan fingerprint density at radius 3 is 2.30 bits per heavy atom. The Bertz CT molecular complexity index is 553. The van der Waals surface area contributed by atoms with Crippen LogP contribution in [-0.4, -0.2) is 30.5 Å². The highest BCUT2D eigenvalue weighted by atomic mass is 16.5. The standard InChI is InChI=1S/C17H23NO5/c1-5-22-15(20)17(3,4)14(19)12(2)18-16(21)23-11-13-9-7-6-8-10-13/h6-10,12H,5,11H2,1-4H3,(H,18,21)/t12-/m0/s1. The third-order valence-electron chi connectivity index (χ3n) is 3.34. The first-order valence-electron chi connectivity index (χ1n) is 7.47. The van der Waals surface area contributed by atoms with Gasteiger partial charge in [-0.15, -0.1) is 0 Å². The number of carbonyl (C=O) groups excluding carboxylic acids is 3. The van der Waals surface area contributed by atoms with Crippen molar-refractivity contribution < 1.29 is 23.9 Å². The van der Waals surface area contributed by atoms with Crippen LogP contribution in [0.25, 0.3) is 0 Å². The highest BCUT2D eigenvalue weighted by Gasteiger charge is 2.40. The lowest BCUT2D eigenvalue weighted by atomic mass is 9.84. The lowest BCUT2D eigenvalue weighted by molar-refractivity contribution is -0.158. The van der Waals surface area contributed by atoms with Gasteiger partial charge in [-0.1, -0.05) is 30.3 Å². The van der Waals surface area contributed by atoms with Gasteiger partial charge >= 0.3 is 12.1 Å². The molecule has 1 aromatic rings. The quantitative estimate of drug-likeness (QED) is 0.616. The van der Waals surface area contributed by atoms with Gasteiger partial charge in [0.2, 0.25) is 0 Å². The van der Waals surface area contributed by atoms with Crippen molar-refractivity contribution in [1.29, 1.82) is 0 Å². The van der Waals surface area contributed by atoms with Gasteiger partial charge in [0.1, 0.15) is 12.0 Å². The molecular formula is C17H23NO5. The van der Waals surface area contributed by atoms with Crippen LogP contribution in [0.2, 0.25) is 0 Å². The van der Waals surface area contributed by atoms with Gasteiger partial charge in [-0.2, -0.15) is 0 Å². The number of rotatable bonds is 7. The molecule has 0 saturated carbocycles. The first-order chi connectivity index (χ1) is 10.8. The highest BCUT2D eigenvalue weighted by molar-refractivity contribution is 6.06. The smallest absolute Gasteiger partial charge is 0.408 e. The Labute approximate surface area is 136 Å². The molecule has 0 aliphatic carbocycles. The fourth-order valence-corrected chi connectivity index (χ4v) is 1.96. The van der Waals surface area contributed by atoms with Gasteiger partial charge in [0.25, 0.3) is 0 Å². The molecule has 1 aromatic carbocycles. The summed E-state index contributed by atoms with van der Waals surface area (Å²) in [6.07, 6.45) is -0.714. The third kappa shape index (κ3) is 5.39. The van der Waals surface area contributed by atoms with E-state index in [9.17, 15) is 14.4 Å². The van der Waals surface area contributed by atoms with Crippen LogP contribution in [0.1, 0.15) is 33.3 Å². The molecule has 1 N–H and O–H groups in total. The van der Waals surface area contributed by atoms with E-state index in [1.54, 1.807) is 6.92 Å². The lowest BCUT2D eigenvalue weighted by Gasteiger charge is -2.24. The van der Waals surface area contributed by atoms with E-state index >= 15 is 0 Å². The largest absolute Gasteiger partial charge is 0.465 e. The maximum absolute atomic E-state index is 12.3. The van der Waals surface area contributed by atoms with Gasteiger partial charge in [-0.25, -0.2) is 4.79 Å². The minimum absolute atomic E-state index is 0.106. The summed E-state index contributed by atoms with van der Waals surface area (Å²) in [7, 11) is 0. The Morgan fingerprint density at radius 1 is 1.13 bits per heavy atom. The zero-order valence-corrected chi connectivity index (χ0v) is 13.9. The molecule has 0 unspecified atom stereocenters. The number of hydrogen-bond acceptors (Lipinski definition) is 5. The molecule has 0 spiro atoms. The summed E-state index contributed by atoms with van der Waals surface area (Å²) in [5.74, 6) is -1.05. The molecule has 6 heteroatoms. The number of nitrogens with one attached hydrogen (secondary N) is 1. The number of ketones is 1. The molecule has 126 valence electrons. The Morgan fingerprint density at radius 2 is 1.74 bits per heavy atom. The van der Waals surface area contributed by atoms with E-state index in [4.69, 9.17) is 9.47 Å². The number of alkyl carbamates (subject to hydrolysis) is 1. The second-order valence-electron chi connectivity index (χ2n) is 5.64. The van der Waals surface area contributed by atoms with Gasteiger partial charge in [0.05, 0.1) is 12.6 Å². The zero-order chi connectivity index (χ0) is 17.5.